The minimum atomic E-state index is -5.76. The first-order chi connectivity index (χ1) is 8.89. The molecule has 1 rings (SSSR count). The van der Waals surface area contributed by atoms with Gasteiger partial charge in [-0.05, 0) is 6.04 Å². The van der Waals surface area contributed by atoms with Crippen molar-refractivity contribution in [1.29, 1.82) is 0 Å². The predicted octanol–water partition coefficient (Wildman–Crippen LogP) is 2.39. The van der Waals surface area contributed by atoms with Crippen LogP contribution in [0.5, 0.6) is 0 Å². The van der Waals surface area contributed by atoms with E-state index in [0.717, 1.165) is 7.11 Å². The third-order valence-corrected chi connectivity index (χ3v) is 6.85. The summed E-state index contributed by atoms with van der Waals surface area (Å²) in [7, 11) is -6.49. The molecule has 0 aromatic heterocycles. The van der Waals surface area contributed by atoms with Crippen LogP contribution in [0.2, 0.25) is 25.2 Å². The summed E-state index contributed by atoms with van der Waals surface area (Å²) in [5.74, 6) is -1.31. The Labute approximate surface area is 115 Å². The average molecular weight is 332 g/mol. The zero-order valence-corrected chi connectivity index (χ0v) is 13.0. The van der Waals surface area contributed by atoms with Gasteiger partial charge in [-0.1, -0.05) is 19.1 Å². The fourth-order valence-corrected chi connectivity index (χ4v) is 4.77. The molecular weight excluding hydrogens is 317 g/mol. The number of rotatable bonds is 3. The monoisotopic (exact) mass is 332 g/mol. The fraction of sp³-hybridized carbons (Fsp3) is 0.700. The lowest BCUT2D eigenvalue weighted by Crippen LogP contribution is -2.34. The minimum absolute atomic E-state index is 0.0149. The van der Waals surface area contributed by atoms with Gasteiger partial charge in [0.15, 0.2) is 0 Å². The molecule has 0 radical (unpaired) electrons. The summed E-state index contributed by atoms with van der Waals surface area (Å²) in [5, 5.41) is 0. The van der Waals surface area contributed by atoms with Crippen molar-refractivity contribution in [2.24, 2.45) is 0 Å². The van der Waals surface area contributed by atoms with E-state index in [-0.39, 0.29) is 18.0 Å². The standard InChI is InChI=1S/C10H15F3O5SSi/c1-17-9(14)7-6-20(2,3)5-4-8(7)18-19(15,16)10(11,12)13/h4-6H2,1-3H3. The summed E-state index contributed by atoms with van der Waals surface area (Å²) < 4.78 is 67.6. The highest BCUT2D eigenvalue weighted by Gasteiger charge is 2.50. The number of halogens is 3. The summed E-state index contributed by atoms with van der Waals surface area (Å²) in [5.41, 5.74) is -5.63. The van der Waals surface area contributed by atoms with Crippen molar-refractivity contribution in [3.63, 3.8) is 0 Å². The van der Waals surface area contributed by atoms with E-state index < -0.39 is 35.4 Å². The smallest absolute Gasteiger partial charge is 0.466 e. The molecule has 0 saturated carbocycles. The summed E-state index contributed by atoms with van der Waals surface area (Å²) in [6.45, 7) is 3.90. The fourth-order valence-electron chi connectivity index (χ4n) is 1.85. The van der Waals surface area contributed by atoms with Gasteiger partial charge in [0.05, 0.1) is 20.8 Å². The molecule has 0 saturated heterocycles. The van der Waals surface area contributed by atoms with Crippen molar-refractivity contribution < 1.29 is 35.3 Å². The number of hydrogen-bond donors (Lipinski definition) is 0. The quantitative estimate of drug-likeness (QED) is 0.343. The van der Waals surface area contributed by atoms with Crippen LogP contribution in [-0.2, 0) is 23.8 Å². The van der Waals surface area contributed by atoms with E-state index in [0.29, 0.717) is 6.04 Å². The second-order valence-corrected chi connectivity index (χ2v) is 11.9. The highest BCUT2D eigenvalue weighted by atomic mass is 32.2. The van der Waals surface area contributed by atoms with E-state index in [1.807, 2.05) is 13.1 Å². The van der Waals surface area contributed by atoms with Gasteiger partial charge in [0.1, 0.15) is 5.76 Å². The van der Waals surface area contributed by atoms with Crippen molar-refractivity contribution in [3.05, 3.63) is 11.3 Å². The van der Waals surface area contributed by atoms with Crippen LogP contribution in [0.4, 0.5) is 13.2 Å². The number of alkyl halides is 3. The molecule has 1 aliphatic rings. The normalized spacial score (nSPS) is 19.7. The highest BCUT2D eigenvalue weighted by molar-refractivity contribution is 7.87. The number of esters is 1. The second kappa shape index (κ2) is 5.39. The maximum atomic E-state index is 12.3. The minimum Gasteiger partial charge on any atom is -0.466 e. The van der Waals surface area contributed by atoms with Gasteiger partial charge in [-0.2, -0.15) is 21.6 Å². The Balaban J connectivity index is 3.18. The van der Waals surface area contributed by atoms with Crippen molar-refractivity contribution in [3.8, 4) is 0 Å². The molecule has 1 aliphatic heterocycles. The molecule has 20 heavy (non-hydrogen) atoms. The largest absolute Gasteiger partial charge is 0.534 e. The van der Waals surface area contributed by atoms with E-state index in [1.54, 1.807) is 0 Å². The van der Waals surface area contributed by atoms with Gasteiger partial charge in [0.25, 0.3) is 0 Å². The molecule has 0 fully saturated rings. The molecule has 0 unspecified atom stereocenters. The molecule has 0 aromatic carbocycles. The lowest BCUT2D eigenvalue weighted by atomic mass is 10.2. The van der Waals surface area contributed by atoms with Crippen LogP contribution in [0.25, 0.3) is 0 Å². The molecule has 0 atom stereocenters. The molecular formula is C10H15F3O5SSi. The Kier molecular flexibility index (Phi) is 4.59. The maximum absolute atomic E-state index is 12.3. The van der Waals surface area contributed by atoms with Gasteiger partial charge in [0, 0.05) is 6.42 Å². The van der Waals surface area contributed by atoms with Crippen LogP contribution in [0, 0.1) is 0 Å². The van der Waals surface area contributed by atoms with E-state index >= 15 is 0 Å². The summed E-state index contributed by atoms with van der Waals surface area (Å²) in [4.78, 5) is 11.6. The zero-order valence-electron chi connectivity index (χ0n) is 11.2. The van der Waals surface area contributed by atoms with Crippen LogP contribution in [0.3, 0.4) is 0 Å². The number of ether oxygens (including phenoxy) is 1. The molecule has 5 nitrogen and oxygen atoms in total. The van der Waals surface area contributed by atoms with E-state index in [2.05, 4.69) is 8.92 Å². The maximum Gasteiger partial charge on any atom is 0.534 e. The summed E-state index contributed by atoms with van der Waals surface area (Å²) in [6, 6.07) is 0.762. The zero-order chi connectivity index (χ0) is 15.8. The van der Waals surface area contributed by atoms with Crippen molar-refractivity contribution in [2.75, 3.05) is 7.11 Å². The Morgan fingerprint density at radius 1 is 1.30 bits per heavy atom. The first-order valence-electron chi connectivity index (χ1n) is 5.71. The number of methoxy groups -OCH3 is 1. The van der Waals surface area contributed by atoms with Crippen LogP contribution in [-0.4, -0.2) is 35.1 Å². The van der Waals surface area contributed by atoms with Crippen molar-refractivity contribution >= 4 is 24.2 Å². The molecule has 10 heteroatoms. The molecule has 0 aliphatic carbocycles. The van der Waals surface area contributed by atoms with Gasteiger partial charge < -0.3 is 8.92 Å². The number of allylic oxidation sites excluding steroid dienone is 1. The van der Waals surface area contributed by atoms with Gasteiger partial charge in [-0.15, -0.1) is 0 Å². The van der Waals surface area contributed by atoms with Crippen LogP contribution in [0.1, 0.15) is 6.42 Å². The van der Waals surface area contributed by atoms with E-state index in [9.17, 15) is 26.4 Å². The number of carbonyl (C=O) groups excluding carboxylic acids is 1. The number of carbonyl (C=O) groups is 1. The summed E-state index contributed by atoms with van der Waals surface area (Å²) in [6.07, 6.45) is -0.0149. The van der Waals surface area contributed by atoms with Gasteiger partial charge in [-0.3, -0.25) is 0 Å². The van der Waals surface area contributed by atoms with Gasteiger partial charge >= 0.3 is 21.6 Å². The lowest BCUT2D eigenvalue weighted by molar-refractivity contribution is -0.136. The third-order valence-electron chi connectivity index (χ3n) is 2.95. The molecule has 0 bridgehead atoms. The Hall–Kier alpha value is -1.03. The molecule has 1 heterocycles. The van der Waals surface area contributed by atoms with Crippen molar-refractivity contribution in [1.82, 2.24) is 0 Å². The first kappa shape index (κ1) is 17.0. The van der Waals surface area contributed by atoms with Gasteiger partial charge in [0.2, 0.25) is 0 Å². The Bertz CT molecular complexity index is 536. The predicted molar refractivity (Wildman–Crippen MR) is 66.8 cm³/mol. The van der Waals surface area contributed by atoms with Gasteiger partial charge in [-0.25, -0.2) is 4.79 Å². The second-order valence-electron chi connectivity index (χ2n) is 5.22. The lowest BCUT2D eigenvalue weighted by Gasteiger charge is -2.29. The molecule has 0 amide bonds. The number of hydrogen-bond acceptors (Lipinski definition) is 5. The first-order valence-corrected chi connectivity index (χ1v) is 10.5. The Morgan fingerprint density at radius 3 is 2.30 bits per heavy atom. The molecule has 0 aromatic rings. The topological polar surface area (TPSA) is 69.7 Å². The summed E-state index contributed by atoms with van der Waals surface area (Å²) >= 11 is 0. The SMILES string of the molecule is COC(=O)C1=C(OS(=O)(=O)C(F)(F)F)CC[Si](C)(C)C1. The third kappa shape index (κ3) is 3.75. The van der Waals surface area contributed by atoms with E-state index in [4.69, 9.17) is 0 Å². The molecule has 116 valence electrons. The van der Waals surface area contributed by atoms with Crippen LogP contribution >= 0.6 is 0 Å². The van der Waals surface area contributed by atoms with Crippen LogP contribution in [0.15, 0.2) is 11.3 Å². The Morgan fingerprint density at radius 2 is 1.85 bits per heavy atom. The van der Waals surface area contributed by atoms with Crippen molar-refractivity contribution in [2.45, 2.75) is 37.1 Å². The van der Waals surface area contributed by atoms with E-state index in [1.165, 1.54) is 0 Å². The highest BCUT2D eigenvalue weighted by Crippen LogP contribution is 2.37. The average Bonchev–Trinajstić information content (AvgIpc) is 2.28. The van der Waals surface area contributed by atoms with Crippen LogP contribution < -0.4 is 0 Å². The molecule has 0 N–H and O–H groups in total. The molecule has 0 spiro atoms.